The summed E-state index contributed by atoms with van der Waals surface area (Å²) in [5, 5.41) is 0. The molecule has 4 rings (SSSR count). The predicted octanol–water partition coefficient (Wildman–Crippen LogP) is 0.261. The fraction of sp³-hybridized carbons (Fsp3) is 0.529. The van der Waals surface area contributed by atoms with Crippen molar-refractivity contribution < 1.29 is 19.1 Å². The summed E-state index contributed by atoms with van der Waals surface area (Å²) in [6.07, 6.45) is 0. The number of amides is 2. The van der Waals surface area contributed by atoms with E-state index in [-0.39, 0.29) is 24.5 Å². The Hall–Kier alpha value is -2.28. The number of hydrogen-bond donors (Lipinski definition) is 0. The van der Waals surface area contributed by atoms with Gasteiger partial charge in [-0.3, -0.25) is 9.59 Å². The lowest BCUT2D eigenvalue weighted by atomic mass is 9.96. The molecule has 0 unspecified atom stereocenters. The molecular formula is C17H21N3O4. The van der Waals surface area contributed by atoms with Gasteiger partial charge in [-0.1, -0.05) is 0 Å². The SMILES string of the molecule is CN1CCN(C(=O)C2CN(C(=O)c3ccc4c(c3)OCO4)C2)CC1. The number of carbonyl (C=O) groups excluding carboxylic acids is 2. The number of ether oxygens (including phenoxy) is 2. The molecule has 0 aromatic heterocycles. The molecule has 0 atom stereocenters. The van der Waals surface area contributed by atoms with Gasteiger partial charge in [-0.05, 0) is 25.2 Å². The molecule has 3 heterocycles. The number of benzene rings is 1. The number of likely N-dealkylation sites (tertiary alicyclic amines) is 1. The molecule has 24 heavy (non-hydrogen) atoms. The highest BCUT2D eigenvalue weighted by molar-refractivity contribution is 5.96. The van der Waals surface area contributed by atoms with Crippen LogP contribution in [0.2, 0.25) is 0 Å². The van der Waals surface area contributed by atoms with E-state index in [1.165, 1.54) is 0 Å². The second kappa shape index (κ2) is 5.98. The molecule has 3 aliphatic heterocycles. The van der Waals surface area contributed by atoms with E-state index >= 15 is 0 Å². The van der Waals surface area contributed by atoms with Crippen LogP contribution in [0, 0.1) is 5.92 Å². The predicted molar refractivity (Wildman–Crippen MR) is 86.0 cm³/mol. The first-order chi connectivity index (χ1) is 11.6. The van der Waals surface area contributed by atoms with Gasteiger partial charge in [0.2, 0.25) is 12.7 Å². The van der Waals surface area contributed by atoms with Crippen molar-refractivity contribution in [2.24, 2.45) is 5.92 Å². The van der Waals surface area contributed by atoms with E-state index in [4.69, 9.17) is 9.47 Å². The van der Waals surface area contributed by atoms with Gasteiger partial charge in [-0.15, -0.1) is 0 Å². The van der Waals surface area contributed by atoms with Crippen LogP contribution in [-0.4, -0.2) is 79.6 Å². The maximum Gasteiger partial charge on any atom is 0.254 e. The number of likely N-dealkylation sites (N-methyl/N-ethyl adjacent to an activating group) is 1. The highest BCUT2D eigenvalue weighted by atomic mass is 16.7. The third kappa shape index (κ3) is 2.69. The van der Waals surface area contributed by atoms with Crippen molar-refractivity contribution in [3.8, 4) is 11.5 Å². The van der Waals surface area contributed by atoms with Gasteiger partial charge in [0.15, 0.2) is 11.5 Å². The van der Waals surface area contributed by atoms with Crippen molar-refractivity contribution >= 4 is 11.8 Å². The average molecular weight is 331 g/mol. The molecule has 3 aliphatic rings. The van der Waals surface area contributed by atoms with E-state index in [9.17, 15) is 9.59 Å². The minimum absolute atomic E-state index is 0.0595. The maximum absolute atomic E-state index is 12.5. The van der Waals surface area contributed by atoms with E-state index in [1.807, 2.05) is 4.90 Å². The molecule has 2 amide bonds. The summed E-state index contributed by atoms with van der Waals surface area (Å²) >= 11 is 0. The zero-order valence-electron chi connectivity index (χ0n) is 13.7. The summed E-state index contributed by atoms with van der Waals surface area (Å²) in [5.74, 6) is 1.32. The molecule has 0 radical (unpaired) electrons. The van der Waals surface area contributed by atoms with Crippen LogP contribution < -0.4 is 9.47 Å². The van der Waals surface area contributed by atoms with Crippen LogP contribution >= 0.6 is 0 Å². The standard InChI is InChI=1S/C17H21N3O4/c1-18-4-6-19(7-5-18)17(22)13-9-20(10-13)16(21)12-2-3-14-15(8-12)24-11-23-14/h2-3,8,13H,4-7,9-11H2,1H3. The zero-order chi connectivity index (χ0) is 16.7. The average Bonchev–Trinajstić information content (AvgIpc) is 3.01. The second-order valence-electron chi connectivity index (χ2n) is 6.60. The Balaban J connectivity index is 1.33. The number of piperazine rings is 1. The van der Waals surface area contributed by atoms with Crippen LogP contribution in [0.4, 0.5) is 0 Å². The summed E-state index contributed by atoms with van der Waals surface area (Å²) in [7, 11) is 2.07. The van der Waals surface area contributed by atoms with Crippen LogP contribution in [0.1, 0.15) is 10.4 Å². The number of hydrogen-bond acceptors (Lipinski definition) is 5. The Morgan fingerprint density at radius 2 is 1.71 bits per heavy atom. The number of nitrogens with zero attached hydrogens (tertiary/aromatic N) is 3. The van der Waals surface area contributed by atoms with Crippen molar-refractivity contribution in [2.45, 2.75) is 0 Å². The van der Waals surface area contributed by atoms with Gasteiger partial charge in [0.05, 0.1) is 5.92 Å². The third-order valence-corrected chi connectivity index (χ3v) is 4.95. The van der Waals surface area contributed by atoms with Gasteiger partial charge in [0.25, 0.3) is 5.91 Å². The fourth-order valence-electron chi connectivity index (χ4n) is 3.30. The third-order valence-electron chi connectivity index (χ3n) is 4.95. The quantitative estimate of drug-likeness (QED) is 0.778. The van der Waals surface area contributed by atoms with Crippen molar-refractivity contribution in [2.75, 3.05) is 53.1 Å². The summed E-state index contributed by atoms with van der Waals surface area (Å²) < 4.78 is 10.6. The molecule has 0 bridgehead atoms. The van der Waals surface area contributed by atoms with E-state index < -0.39 is 0 Å². The molecule has 128 valence electrons. The lowest BCUT2D eigenvalue weighted by Gasteiger charge is -2.42. The molecule has 0 aliphatic carbocycles. The molecule has 2 saturated heterocycles. The van der Waals surface area contributed by atoms with E-state index in [0.717, 1.165) is 26.2 Å². The molecule has 0 spiro atoms. The van der Waals surface area contributed by atoms with Crippen LogP contribution in [-0.2, 0) is 4.79 Å². The Bertz CT molecular complexity index is 664. The lowest BCUT2D eigenvalue weighted by molar-refractivity contribution is -0.141. The monoisotopic (exact) mass is 331 g/mol. The smallest absolute Gasteiger partial charge is 0.254 e. The Morgan fingerprint density at radius 1 is 1.00 bits per heavy atom. The van der Waals surface area contributed by atoms with Crippen LogP contribution in [0.5, 0.6) is 11.5 Å². The van der Waals surface area contributed by atoms with Gasteiger partial charge >= 0.3 is 0 Å². The topological polar surface area (TPSA) is 62.3 Å². The lowest BCUT2D eigenvalue weighted by Crippen LogP contribution is -2.58. The van der Waals surface area contributed by atoms with E-state index in [2.05, 4.69) is 11.9 Å². The van der Waals surface area contributed by atoms with Crippen LogP contribution in [0.15, 0.2) is 18.2 Å². The Morgan fingerprint density at radius 3 is 2.46 bits per heavy atom. The summed E-state index contributed by atoms with van der Waals surface area (Å²) in [6.45, 7) is 4.58. The van der Waals surface area contributed by atoms with Crippen molar-refractivity contribution in [3.05, 3.63) is 23.8 Å². The molecular weight excluding hydrogens is 310 g/mol. The summed E-state index contributed by atoms with van der Waals surface area (Å²) in [5.41, 5.74) is 0.574. The first kappa shape index (κ1) is 15.3. The Kier molecular flexibility index (Phi) is 3.80. The van der Waals surface area contributed by atoms with Gasteiger partial charge in [0.1, 0.15) is 0 Å². The second-order valence-corrected chi connectivity index (χ2v) is 6.60. The minimum atomic E-state index is -0.0635. The largest absolute Gasteiger partial charge is 0.454 e. The van der Waals surface area contributed by atoms with Gasteiger partial charge in [0, 0.05) is 44.8 Å². The maximum atomic E-state index is 12.5. The molecule has 7 heteroatoms. The van der Waals surface area contributed by atoms with Gasteiger partial charge in [-0.25, -0.2) is 0 Å². The minimum Gasteiger partial charge on any atom is -0.454 e. The first-order valence-corrected chi connectivity index (χ1v) is 8.28. The zero-order valence-corrected chi connectivity index (χ0v) is 13.7. The molecule has 1 aromatic carbocycles. The highest BCUT2D eigenvalue weighted by Gasteiger charge is 2.38. The van der Waals surface area contributed by atoms with E-state index in [0.29, 0.717) is 30.2 Å². The molecule has 7 nitrogen and oxygen atoms in total. The fourth-order valence-corrected chi connectivity index (χ4v) is 3.30. The summed E-state index contributed by atoms with van der Waals surface area (Å²) in [6, 6.07) is 5.20. The normalized spacial score (nSPS) is 20.9. The van der Waals surface area contributed by atoms with Gasteiger partial charge < -0.3 is 24.2 Å². The Labute approximate surface area is 140 Å². The number of fused-ring (bicyclic) bond motifs is 1. The molecule has 1 aromatic rings. The van der Waals surface area contributed by atoms with Crippen LogP contribution in [0.3, 0.4) is 0 Å². The molecule has 2 fully saturated rings. The number of rotatable bonds is 2. The summed E-state index contributed by atoms with van der Waals surface area (Å²) in [4.78, 5) is 30.9. The first-order valence-electron chi connectivity index (χ1n) is 8.28. The van der Waals surface area contributed by atoms with Crippen LogP contribution in [0.25, 0.3) is 0 Å². The van der Waals surface area contributed by atoms with Gasteiger partial charge in [-0.2, -0.15) is 0 Å². The molecule has 0 N–H and O–H groups in total. The highest BCUT2D eigenvalue weighted by Crippen LogP contribution is 2.33. The van der Waals surface area contributed by atoms with Crippen molar-refractivity contribution in [3.63, 3.8) is 0 Å². The van der Waals surface area contributed by atoms with Crippen molar-refractivity contribution in [1.82, 2.24) is 14.7 Å². The number of carbonyl (C=O) groups is 2. The van der Waals surface area contributed by atoms with E-state index in [1.54, 1.807) is 23.1 Å². The van der Waals surface area contributed by atoms with Crippen molar-refractivity contribution in [1.29, 1.82) is 0 Å². The molecule has 0 saturated carbocycles.